The van der Waals surface area contributed by atoms with Crippen LogP contribution in [0, 0.1) is 24.5 Å². The molecule has 2 heterocycles. The van der Waals surface area contributed by atoms with Crippen molar-refractivity contribution in [3.05, 3.63) is 53.2 Å². The van der Waals surface area contributed by atoms with Crippen LogP contribution in [-0.2, 0) is 9.59 Å². The van der Waals surface area contributed by atoms with Crippen molar-refractivity contribution in [1.29, 1.82) is 0 Å². The standard InChI is InChI=1S/C20H22F2N4O2/c1-11-3-6-17(13-4-5-15(21)16(22)8-13)26(10-11)20(28)19(27)25-14-7-12(2)18(23)24-9-14/h4-5,7-9,11,17H,3,6,10H2,1-2H3,(H2,23,24)(H,25,27)/t11-,17?/m0/s1. The molecule has 1 saturated heterocycles. The summed E-state index contributed by atoms with van der Waals surface area (Å²) in [7, 11) is 0. The maximum absolute atomic E-state index is 13.7. The molecule has 1 aromatic carbocycles. The number of hydrogen-bond acceptors (Lipinski definition) is 4. The molecule has 2 amide bonds. The zero-order chi connectivity index (χ0) is 20.4. The zero-order valence-corrected chi connectivity index (χ0v) is 15.7. The Hall–Kier alpha value is -3.03. The minimum Gasteiger partial charge on any atom is -0.383 e. The smallest absolute Gasteiger partial charge is 0.313 e. The van der Waals surface area contributed by atoms with E-state index in [2.05, 4.69) is 10.3 Å². The highest BCUT2D eigenvalue weighted by Gasteiger charge is 2.34. The normalized spacial score (nSPS) is 19.4. The fourth-order valence-corrected chi connectivity index (χ4v) is 3.41. The van der Waals surface area contributed by atoms with Gasteiger partial charge in [-0.15, -0.1) is 0 Å². The van der Waals surface area contributed by atoms with Crippen molar-refractivity contribution in [3.8, 4) is 0 Å². The lowest BCUT2D eigenvalue weighted by Crippen LogP contribution is -2.46. The molecule has 2 aromatic rings. The highest BCUT2D eigenvalue weighted by atomic mass is 19.2. The summed E-state index contributed by atoms with van der Waals surface area (Å²) in [4.78, 5) is 30.7. The molecule has 148 valence electrons. The lowest BCUT2D eigenvalue weighted by atomic mass is 9.89. The number of pyridine rings is 1. The summed E-state index contributed by atoms with van der Waals surface area (Å²) in [5.74, 6) is -2.93. The van der Waals surface area contributed by atoms with Gasteiger partial charge in [-0.05, 0) is 55.0 Å². The molecule has 6 nitrogen and oxygen atoms in total. The summed E-state index contributed by atoms with van der Waals surface area (Å²) in [6.45, 7) is 4.08. The van der Waals surface area contributed by atoms with Crippen LogP contribution in [0.4, 0.5) is 20.3 Å². The van der Waals surface area contributed by atoms with Crippen LogP contribution in [0.25, 0.3) is 0 Å². The number of carbonyl (C=O) groups is 2. The summed E-state index contributed by atoms with van der Waals surface area (Å²) >= 11 is 0. The largest absolute Gasteiger partial charge is 0.383 e. The average molecular weight is 388 g/mol. The van der Waals surface area contributed by atoms with Crippen molar-refractivity contribution < 1.29 is 18.4 Å². The molecule has 3 N–H and O–H groups in total. The number of nitrogens with one attached hydrogen (secondary N) is 1. The number of nitrogen functional groups attached to an aromatic ring is 1. The van der Waals surface area contributed by atoms with Gasteiger partial charge in [0.25, 0.3) is 0 Å². The summed E-state index contributed by atoms with van der Waals surface area (Å²) in [6.07, 6.45) is 2.75. The van der Waals surface area contributed by atoms with E-state index in [4.69, 9.17) is 5.73 Å². The first kappa shape index (κ1) is 19.7. The first-order valence-electron chi connectivity index (χ1n) is 9.05. The van der Waals surface area contributed by atoms with E-state index in [0.29, 0.717) is 35.6 Å². The van der Waals surface area contributed by atoms with Crippen molar-refractivity contribution in [3.63, 3.8) is 0 Å². The molecule has 0 saturated carbocycles. The van der Waals surface area contributed by atoms with Crippen LogP contribution >= 0.6 is 0 Å². The van der Waals surface area contributed by atoms with Gasteiger partial charge in [-0.2, -0.15) is 0 Å². The van der Waals surface area contributed by atoms with E-state index in [1.807, 2.05) is 6.92 Å². The van der Waals surface area contributed by atoms with E-state index in [0.717, 1.165) is 18.6 Å². The van der Waals surface area contributed by atoms with E-state index < -0.39 is 29.5 Å². The van der Waals surface area contributed by atoms with Gasteiger partial charge in [0, 0.05) is 6.54 Å². The fourth-order valence-electron chi connectivity index (χ4n) is 3.41. The van der Waals surface area contributed by atoms with Gasteiger partial charge in [-0.25, -0.2) is 13.8 Å². The molecule has 0 radical (unpaired) electrons. The number of carbonyl (C=O) groups excluding carboxylic acids is 2. The molecule has 28 heavy (non-hydrogen) atoms. The Balaban J connectivity index is 1.82. The third kappa shape index (κ3) is 4.11. The number of benzene rings is 1. The number of halogens is 2. The molecule has 1 aliphatic heterocycles. The van der Waals surface area contributed by atoms with E-state index >= 15 is 0 Å². The van der Waals surface area contributed by atoms with Crippen LogP contribution in [0.15, 0.2) is 30.5 Å². The number of aryl methyl sites for hydroxylation is 1. The third-order valence-electron chi connectivity index (χ3n) is 4.98. The summed E-state index contributed by atoms with van der Waals surface area (Å²) in [5.41, 5.74) is 7.17. The molecular formula is C20H22F2N4O2. The number of hydrogen-bond donors (Lipinski definition) is 2. The first-order chi connectivity index (χ1) is 13.3. The summed E-state index contributed by atoms with van der Waals surface area (Å²) in [5, 5.41) is 2.53. The van der Waals surface area contributed by atoms with E-state index in [1.54, 1.807) is 13.0 Å². The quantitative estimate of drug-likeness (QED) is 0.774. The Labute approximate surface area is 161 Å². The van der Waals surface area contributed by atoms with Crippen molar-refractivity contribution in [2.45, 2.75) is 32.7 Å². The van der Waals surface area contributed by atoms with Gasteiger partial charge in [0.15, 0.2) is 11.6 Å². The molecular weight excluding hydrogens is 366 g/mol. The number of piperidine rings is 1. The topological polar surface area (TPSA) is 88.3 Å². The van der Waals surface area contributed by atoms with Gasteiger partial charge in [-0.3, -0.25) is 9.59 Å². The van der Waals surface area contributed by atoms with E-state index in [-0.39, 0.29) is 5.92 Å². The third-order valence-corrected chi connectivity index (χ3v) is 4.98. The number of nitrogens with two attached hydrogens (primary N) is 1. The number of anilines is 2. The highest BCUT2D eigenvalue weighted by Crippen LogP contribution is 2.34. The number of nitrogens with zero attached hydrogens (tertiary/aromatic N) is 2. The highest BCUT2D eigenvalue weighted by molar-refractivity contribution is 6.39. The maximum Gasteiger partial charge on any atom is 0.313 e. The van der Waals surface area contributed by atoms with Crippen LogP contribution in [0.5, 0.6) is 0 Å². The van der Waals surface area contributed by atoms with Crippen LogP contribution in [0.1, 0.15) is 36.9 Å². The minimum absolute atomic E-state index is 0.193. The van der Waals surface area contributed by atoms with Crippen molar-refractivity contribution in [2.75, 3.05) is 17.6 Å². The zero-order valence-electron chi connectivity index (χ0n) is 15.7. The van der Waals surface area contributed by atoms with Crippen molar-refractivity contribution >= 4 is 23.3 Å². The van der Waals surface area contributed by atoms with Gasteiger partial charge in [-0.1, -0.05) is 13.0 Å². The molecule has 8 heteroatoms. The minimum atomic E-state index is -0.976. The lowest BCUT2D eigenvalue weighted by Gasteiger charge is -2.38. The van der Waals surface area contributed by atoms with Crippen LogP contribution in [-0.4, -0.2) is 28.2 Å². The molecule has 0 bridgehead atoms. The number of likely N-dealkylation sites (tertiary alicyclic amines) is 1. The van der Waals surface area contributed by atoms with Crippen molar-refractivity contribution in [1.82, 2.24) is 9.88 Å². The Morgan fingerprint density at radius 2 is 1.96 bits per heavy atom. The number of aromatic nitrogens is 1. The summed E-state index contributed by atoms with van der Waals surface area (Å²) in [6, 6.07) is 4.70. The maximum atomic E-state index is 13.7. The molecule has 1 aliphatic rings. The Morgan fingerprint density at radius 1 is 1.21 bits per heavy atom. The van der Waals surface area contributed by atoms with Crippen molar-refractivity contribution in [2.24, 2.45) is 5.92 Å². The molecule has 1 fully saturated rings. The molecule has 0 spiro atoms. The second-order valence-electron chi connectivity index (χ2n) is 7.21. The first-order valence-corrected chi connectivity index (χ1v) is 9.05. The molecule has 1 aromatic heterocycles. The summed E-state index contributed by atoms with van der Waals surface area (Å²) < 4.78 is 27.0. The SMILES string of the molecule is Cc1cc(NC(=O)C(=O)N2C[C@@H](C)CCC2c2ccc(F)c(F)c2)cnc1N. The van der Waals surface area contributed by atoms with Gasteiger partial charge in [0.2, 0.25) is 0 Å². The molecule has 1 unspecified atom stereocenters. The monoisotopic (exact) mass is 388 g/mol. The van der Waals surface area contributed by atoms with E-state index in [9.17, 15) is 18.4 Å². The second kappa shape index (κ2) is 7.92. The van der Waals surface area contributed by atoms with Gasteiger partial charge in [0.1, 0.15) is 5.82 Å². The van der Waals surface area contributed by atoms with Crippen LogP contribution in [0.3, 0.4) is 0 Å². The van der Waals surface area contributed by atoms with E-state index in [1.165, 1.54) is 17.2 Å². The lowest BCUT2D eigenvalue weighted by molar-refractivity contribution is -0.146. The number of amides is 2. The van der Waals surface area contributed by atoms with Crippen LogP contribution in [0.2, 0.25) is 0 Å². The fraction of sp³-hybridized carbons (Fsp3) is 0.350. The molecule has 0 aliphatic carbocycles. The van der Waals surface area contributed by atoms with Crippen LogP contribution < -0.4 is 11.1 Å². The Morgan fingerprint density at radius 3 is 2.64 bits per heavy atom. The average Bonchev–Trinajstić information content (AvgIpc) is 2.66. The molecule has 3 rings (SSSR count). The van der Waals surface area contributed by atoms with Gasteiger partial charge in [0.05, 0.1) is 17.9 Å². The van der Waals surface area contributed by atoms with Gasteiger partial charge < -0.3 is 16.0 Å². The second-order valence-corrected chi connectivity index (χ2v) is 7.21. The Bertz CT molecular complexity index is 919. The number of rotatable bonds is 2. The van der Waals surface area contributed by atoms with Gasteiger partial charge >= 0.3 is 11.8 Å². The Kier molecular flexibility index (Phi) is 5.58. The predicted octanol–water partition coefficient (Wildman–Crippen LogP) is 3.19. The predicted molar refractivity (Wildman–Crippen MR) is 101 cm³/mol. The molecule has 2 atom stereocenters.